The Labute approximate surface area is 126 Å². The largest absolute Gasteiger partial charge is 0.320 e. The van der Waals surface area contributed by atoms with E-state index in [4.69, 9.17) is 11.6 Å². The Morgan fingerprint density at radius 2 is 1.86 bits per heavy atom. The first-order valence-electron chi connectivity index (χ1n) is 6.30. The minimum Gasteiger partial charge on any atom is -0.320 e. The van der Waals surface area contributed by atoms with Crippen LogP contribution < -0.4 is 5.32 Å². The normalized spacial score (nSPS) is 10.6. The number of nitrogens with one attached hydrogen (secondary N) is 1. The van der Waals surface area contributed by atoms with E-state index in [-0.39, 0.29) is 10.8 Å². The number of para-hydroxylation sites is 2. The van der Waals surface area contributed by atoms with Crippen molar-refractivity contribution < 1.29 is 4.79 Å². The highest BCUT2D eigenvalue weighted by molar-refractivity contribution is 6.33. The summed E-state index contributed by atoms with van der Waals surface area (Å²) in [5.74, 6) is -0.399. The van der Waals surface area contributed by atoms with Crippen molar-refractivity contribution in [3.05, 3.63) is 59.1 Å². The quantitative estimate of drug-likeness (QED) is 0.788. The number of aromatic nitrogens is 3. The van der Waals surface area contributed by atoms with Crippen molar-refractivity contribution in [1.82, 2.24) is 15.0 Å². The monoisotopic (exact) mass is 298 g/mol. The standard InChI is InChI=1S/C15H11ClN4O/c1-9-8-10(6-7-17-9)18-15(21)13-14(16)20-12-5-3-2-4-11(12)19-13/h2-8H,1H3,(H,17,18,21). The molecule has 0 saturated heterocycles. The van der Waals surface area contributed by atoms with Gasteiger partial charge in [0.2, 0.25) is 0 Å². The minimum absolute atomic E-state index is 0.0805. The summed E-state index contributed by atoms with van der Waals surface area (Å²) < 4.78 is 0. The van der Waals surface area contributed by atoms with Gasteiger partial charge in [-0.05, 0) is 31.2 Å². The topological polar surface area (TPSA) is 67.8 Å². The number of hydrogen-bond acceptors (Lipinski definition) is 4. The number of hydrogen-bond donors (Lipinski definition) is 1. The lowest BCUT2D eigenvalue weighted by molar-refractivity contribution is 0.102. The molecule has 0 radical (unpaired) electrons. The first-order chi connectivity index (χ1) is 10.1. The van der Waals surface area contributed by atoms with Crippen LogP contribution in [-0.2, 0) is 0 Å². The molecule has 0 bridgehead atoms. The third-order valence-corrected chi connectivity index (χ3v) is 3.16. The number of benzene rings is 1. The summed E-state index contributed by atoms with van der Waals surface area (Å²) in [4.78, 5) is 24.8. The Bertz CT molecular complexity index is 835. The van der Waals surface area contributed by atoms with Crippen molar-refractivity contribution in [2.45, 2.75) is 6.92 Å². The lowest BCUT2D eigenvalue weighted by Crippen LogP contribution is -2.15. The van der Waals surface area contributed by atoms with Crippen LogP contribution in [0.4, 0.5) is 5.69 Å². The third kappa shape index (κ3) is 2.83. The number of carbonyl (C=O) groups excluding carboxylic acids is 1. The zero-order valence-corrected chi connectivity index (χ0v) is 11.9. The van der Waals surface area contributed by atoms with Gasteiger partial charge in [0.05, 0.1) is 11.0 Å². The zero-order chi connectivity index (χ0) is 14.8. The SMILES string of the molecule is Cc1cc(NC(=O)c2nc3ccccc3nc2Cl)ccn1. The van der Waals surface area contributed by atoms with Gasteiger partial charge in [0.15, 0.2) is 10.8 Å². The molecule has 104 valence electrons. The van der Waals surface area contributed by atoms with Crippen LogP contribution in [0.1, 0.15) is 16.2 Å². The van der Waals surface area contributed by atoms with Crippen LogP contribution in [-0.4, -0.2) is 20.9 Å². The fourth-order valence-electron chi connectivity index (χ4n) is 1.94. The molecule has 0 saturated carbocycles. The van der Waals surface area contributed by atoms with Crippen LogP contribution in [0.5, 0.6) is 0 Å². The maximum Gasteiger partial charge on any atom is 0.277 e. The number of fused-ring (bicyclic) bond motifs is 1. The maximum atomic E-state index is 12.3. The van der Waals surface area contributed by atoms with Crippen molar-refractivity contribution in [1.29, 1.82) is 0 Å². The first kappa shape index (κ1) is 13.5. The molecule has 0 unspecified atom stereocenters. The fourth-order valence-corrected chi connectivity index (χ4v) is 2.16. The Balaban J connectivity index is 1.96. The number of amides is 1. The molecule has 0 aliphatic carbocycles. The van der Waals surface area contributed by atoms with Crippen molar-refractivity contribution in [2.75, 3.05) is 5.32 Å². The van der Waals surface area contributed by atoms with Gasteiger partial charge in [-0.25, -0.2) is 9.97 Å². The van der Waals surface area contributed by atoms with Crippen molar-refractivity contribution in [3.63, 3.8) is 0 Å². The highest BCUT2D eigenvalue weighted by Crippen LogP contribution is 2.18. The van der Waals surface area contributed by atoms with Gasteiger partial charge >= 0.3 is 0 Å². The van der Waals surface area contributed by atoms with Crippen LogP contribution in [0.2, 0.25) is 5.15 Å². The van der Waals surface area contributed by atoms with E-state index in [1.165, 1.54) is 0 Å². The number of aryl methyl sites for hydroxylation is 1. The summed E-state index contributed by atoms with van der Waals surface area (Å²) in [5.41, 5.74) is 2.82. The average Bonchev–Trinajstić information content (AvgIpc) is 2.46. The van der Waals surface area contributed by atoms with E-state index in [1.54, 1.807) is 30.5 Å². The van der Waals surface area contributed by atoms with Gasteiger partial charge in [0.1, 0.15) is 0 Å². The molecule has 5 nitrogen and oxygen atoms in total. The molecule has 0 spiro atoms. The van der Waals surface area contributed by atoms with E-state index < -0.39 is 5.91 Å². The summed E-state index contributed by atoms with van der Waals surface area (Å²) in [6.07, 6.45) is 1.62. The molecule has 2 aromatic heterocycles. The molecule has 0 fully saturated rings. The Hall–Kier alpha value is -2.53. The summed E-state index contributed by atoms with van der Waals surface area (Å²) in [6.45, 7) is 1.85. The van der Waals surface area contributed by atoms with Crippen LogP contribution in [0.25, 0.3) is 11.0 Å². The predicted molar refractivity (Wildman–Crippen MR) is 81.5 cm³/mol. The van der Waals surface area contributed by atoms with Crippen LogP contribution >= 0.6 is 11.6 Å². The van der Waals surface area contributed by atoms with E-state index in [9.17, 15) is 4.79 Å². The lowest BCUT2D eigenvalue weighted by atomic mass is 10.3. The zero-order valence-electron chi connectivity index (χ0n) is 11.2. The van der Waals surface area contributed by atoms with Crippen molar-refractivity contribution in [3.8, 4) is 0 Å². The van der Waals surface area contributed by atoms with E-state index in [1.807, 2.05) is 19.1 Å². The molecule has 21 heavy (non-hydrogen) atoms. The number of anilines is 1. The molecule has 0 atom stereocenters. The molecule has 1 amide bonds. The van der Waals surface area contributed by atoms with Crippen molar-refractivity contribution in [2.24, 2.45) is 0 Å². The van der Waals surface area contributed by atoms with Gasteiger partial charge in [0.25, 0.3) is 5.91 Å². The Morgan fingerprint density at radius 1 is 1.14 bits per heavy atom. The van der Waals surface area contributed by atoms with E-state index >= 15 is 0 Å². The second kappa shape index (κ2) is 5.46. The smallest absolute Gasteiger partial charge is 0.277 e. The molecular formula is C15H11ClN4O. The Morgan fingerprint density at radius 3 is 2.57 bits per heavy atom. The van der Waals surface area contributed by atoms with E-state index in [0.717, 1.165) is 5.69 Å². The number of rotatable bonds is 2. The van der Waals surface area contributed by atoms with Crippen LogP contribution in [0, 0.1) is 6.92 Å². The van der Waals surface area contributed by atoms with Crippen LogP contribution in [0.3, 0.4) is 0 Å². The van der Waals surface area contributed by atoms with Gasteiger partial charge in [0, 0.05) is 17.6 Å². The summed E-state index contributed by atoms with van der Waals surface area (Å²) in [7, 11) is 0. The third-order valence-electron chi connectivity index (χ3n) is 2.90. The van der Waals surface area contributed by atoms with E-state index in [2.05, 4.69) is 20.3 Å². The second-order valence-corrected chi connectivity index (χ2v) is 4.85. The van der Waals surface area contributed by atoms with Crippen molar-refractivity contribution >= 4 is 34.2 Å². The van der Waals surface area contributed by atoms with E-state index in [0.29, 0.717) is 16.7 Å². The fraction of sp³-hybridized carbons (Fsp3) is 0.0667. The summed E-state index contributed by atoms with van der Waals surface area (Å²) in [5, 5.41) is 2.82. The lowest BCUT2D eigenvalue weighted by Gasteiger charge is -2.07. The van der Waals surface area contributed by atoms with Gasteiger partial charge in [-0.2, -0.15) is 0 Å². The maximum absolute atomic E-state index is 12.3. The second-order valence-electron chi connectivity index (χ2n) is 4.49. The first-order valence-corrected chi connectivity index (χ1v) is 6.67. The Kier molecular flexibility index (Phi) is 3.50. The van der Waals surface area contributed by atoms with Gasteiger partial charge in [-0.3, -0.25) is 9.78 Å². The molecule has 0 aliphatic rings. The highest BCUT2D eigenvalue weighted by atomic mass is 35.5. The highest BCUT2D eigenvalue weighted by Gasteiger charge is 2.15. The average molecular weight is 299 g/mol. The number of pyridine rings is 1. The molecule has 2 heterocycles. The van der Waals surface area contributed by atoms with Gasteiger partial charge < -0.3 is 5.32 Å². The summed E-state index contributed by atoms with van der Waals surface area (Å²) in [6, 6.07) is 10.7. The molecule has 1 aromatic carbocycles. The molecule has 0 aliphatic heterocycles. The van der Waals surface area contributed by atoms with Crippen LogP contribution in [0.15, 0.2) is 42.6 Å². The van der Waals surface area contributed by atoms with Gasteiger partial charge in [-0.1, -0.05) is 23.7 Å². The number of carbonyl (C=O) groups is 1. The number of halogens is 1. The molecular weight excluding hydrogens is 288 g/mol. The number of nitrogens with zero attached hydrogens (tertiary/aromatic N) is 3. The molecule has 3 aromatic rings. The predicted octanol–water partition coefficient (Wildman–Crippen LogP) is 3.24. The molecule has 6 heteroatoms. The minimum atomic E-state index is -0.399. The van der Waals surface area contributed by atoms with Gasteiger partial charge in [-0.15, -0.1) is 0 Å². The molecule has 3 rings (SSSR count). The molecule has 1 N–H and O–H groups in total. The summed E-state index contributed by atoms with van der Waals surface area (Å²) >= 11 is 6.05.